The SMILES string of the molecule is O=C(COc1ccccc1)N(Cc1ccccc1F)[C@@H]1CCS(=O)(=O)C1. The first-order valence-electron chi connectivity index (χ1n) is 8.36. The van der Waals surface area contributed by atoms with Gasteiger partial charge in [-0.1, -0.05) is 36.4 Å². The number of sulfone groups is 1. The zero-order valence-corrected chi connectivity index (χ0v) is 15.0. The number of carbonyl (C=O) groups excluding carboxylic acids is 1. The number of carbonyl (C=O) groups is 1. The molecule has 138 valence electrons. The molecule has 0 radical (unpaired) electrons. The molecule has 1 amide bonds. The van der Waals surface area contributed by atoms with Crippen LogP contribution in [0.4, 0.5) is 4.39 Å². The Bertz CT molecular complexity index is 870. The van der Waals surface area contributed by atoms with Crippen LogP contribution in [-0.2, 0) is 21.2 Å². The molecule has 0 N–H and O–H groups in total. The van der Waals surface area contributed by atoms with Crippen molar-refractivity contribution in [3.8, 4) is 5.75 Å². The number of benzene rings is 2. The van der Waals surface area contributed by atoms with Gasteiger partial charge in [0, 0.05) is 18.2 Å². The lowest BCUT2D eigenvalue weighted by Crippen LogP contribution is -2.43. The zero-order chi connectivity index (χ0) is 18.6. The van der Waals surface area contributed by atoms with E-state index in [0.717, 1.165) is 0 Å². The molecule has 3 rings (SSSR count). The van der Waals surface area contributed by atoms with Crippen molar-refractivity contribution in [1.82, 2.24) is 4.90 Å². The normalized spacial score (nSPS) is 18.4. The Morgan fingerprint density at radius 1 is 1.12 bits per heavy atom. The first-order chi connectivity index (χ1) is 12.4. The second-order valence-electron chi connectivity index (χ2n) is 6.27. The van der Waals surface area contributed by atoms with E-state index in [1.165, 1.54) is 11.0 Å². The Hall–Kier alpha value is -2.41. The fourth-order valence-corrected chi connectivity index (χ4v) is 4.73. The molecule has 1 aliphatic heterocycles. The number of hydrogen-bond acceptors (Lipinski definition) is 4. The minimum atomic E-state index is -3.17. The van der Waals surface area contributed by atoms with Crippen LogP contribution in [0.2, 0.25) is 0 Å². The van der Waals surface area contributed by atoms with Crippen LogP contribution in [-0.4, -0.2) is 43.4 Å². The number of hydrogen-bond donors (Lipinski definition) is 0. The molecule has 0 saturated carbocycles. The maximum absolute atomic E-state index is 14.0. The number of para-hydroxylation sites is 1. The van der Waals surface area contributed by atoms with Crippen LogP contribution in [0.15, 0.2) is 54.6 Å². The quantitative estimate of drug-likeness (QED) is 0.776. The predicted molar refractivity (Wildman–Crippen MR) is 95.9 cm³/mol. The van der Waals surface area contributed by atoms with Crippen molar-refractivity contribution < 1.29 is 22.3 Å². The molecule has 1 heterocycles. The van der Waals surface area contributed by atoms with E-state index in [4.69, 9.17) is 4.74 Å². The number of halogens is 1. The summed E-state index contributed by atoms with van der Waals surface area (Å²) < 4.78 is 43.2. The maximum Gasteiger partial charge on any atom is 0.261 e. The minimum Gasteiger partial charge on any atom is -0.484 e. The van der Waals surface area contributed by atoms with Gasteiger partial charge in [0.25, 0.3) is 5.91 Å². The lowest BCUT2D eigenvalue weighted by Gasteiger charge is -2.28. The molecular weight excluding hydrogens is 357 g/mol. The molecule has 0 aliphatic carbocycles. The second kappa shape index (κ2) is 7.86. The van der Waals surface area contributed by atoms with Crippen molar-refractivity contribution >= 4 is 15.7 Å². The fraction of sp³-hybridized carbons (Fsp3) is 0.316. The Labute approximate surface area is 152 Å². The topological polar surface area (TPSA) is 63.7 Å². The Balaban J connectivity index is 1.76. The Morgan fingerprint density at radius 3 is 2.46 bits per heavy atom. The zero-order valence-electron chi connectivity index (χ0n) is 14.2. The molecule has 1 fully saturated rings. The summed E-state index contributed by atoms with van der Waals surface area (Å²) in [6.45, 7) is -0.209. The molecule has 0 unspecified atom stereocenters. The van der Waals surface area contributed by atoms with Gasteiger partial charge in [-0.05, 0) is 24.6 Å². The van der Waals surface area contributed by atoms with Gasteiger partial charge in [0.1, 0.15) is 11.6 Å². The summed E-state index contributed by atoms with van der Waals surface area (Å²) in [4.78, 5) is 14.1. The molecule has 1 atom stereocenters. The van der Waals surface area contributed by atoms with Crippen molar-refractivity contribution in [2.24, 2.45) is 0 Å². The van der Waals surface area contributed by atoms with Gasteiger partial charge in [-0.3, -0.25) is 4.79 Å². The number of nitrogens with zero attached hydrogens (tertiary/aromatic N) is 1. The standard InChI is InChI=1S/C19H20FNO4S/c20-18-9-5-4-6-15(18)12-21(16-10-11-26(23,24)14-16)19(22)13-25-17-7-2-1-3-8-17/h1-9,16H,10-14H2/t16-/m1/s1. The summed E-state index contributed by atoms with van der Waals surface area (Å²) in [6.07, 6.45) is 0.355. The van der Waals surface area contributed by atoms with E-state index in [9.17, 15) is 17.6 Å². The average molecular weight is 377 g/mol. The average Bonchev–Trinajstić information content (AvgIpc) is 2.99. The van der Waals surface area contributed by atoms with Crippen LogP contribution in [0.3, 0.4) is 0 Å². The van der Waals surface area contributed by atoms with Gasteiger partial charge in [-0.25, -0.2) is 12.8 Å². The molecule has 7 heteroatoms. The van der Waals surface area contributed by atoms with Crippen LogP contribution >= 0.6 is 0 Å². The van der Waals surface area contributed by atoms with Crippen LogP contribution in [0.25, 0.3) is 0 Å². The van der Waals surface area contributed by atoms with E-state index in [-0.39, 0.29) is 30.6 Å². The van der Waals surface area contributed by atoms with Gasteiger partial charge < -0.3 is 9.64 Å². The Morgan fingerprint density at radius 2 is 1.81 bits per heavy atom. The van der Waals surface area contributed by atoms with E-state index >= 15 is 0 Å². The fourth-order valence-electron chi connectivity index (χ4n) is 3.00. The largest absolute Gasteiger partial charge is 0.484 e. The third kappa shape index (κ3) is 4.60. The van der Waals surface area contributed by atoms with Crippen molar-refractivity contribution in [2.75, 3.05) is 18.1 Å². The molecule has 26 heavy (non-hydrogen) atoms. The highest BCUT2D eigenvalue weighted by Gasteiger charge is 2.35. The van der Waals surface area contributed by atoms with Crippen molar-refractivity contribution in [3.63, 3.8) is 0 Å². The highest BCUT2D eigenvalue weighted by Crippen LogP contribution is 2.21. The molecule has 0 aromatic heterocycles. The number of ether oxygens (including phenoxy) is 1. The molecule has 2 aromatic rings. The summed E-state index contributed by atoms with van der Waals surface area (Å²) in [5.41, 5.74) is 0.352. The third-order valence-electron chi connectivity index (χ3n) is 4.37. The van der Waals surface area contributed by atoms with Crippen molar-refractivity contribution in [3.05, 3.63) is 66.0 Å². The lowest BCUT2D eigenvalue weighted by atomic mass is 10.1. The van der Waals surface area contributed by atoms with Gasteiger partial charge in [-0.2, -0.15) is 0 Å². The van der Waals surface area contributed by atoms with Crippen LogP contribution < -0.4 is 4.74 Å². The summed E-state index contributed by atoms with van der Waals surface area (Å²) >= 11 is 0. The monoisotopic (exact) mass is 377 g/mol. The second-order valence-corrected chi connectivity index (χ2v) is 8.50. The van der Waals surface area contributed by atoms with Crippen LogP contribution in [0.1, 0.15) is 12.0 Å². The van der Waals surface area contributed by atoms with Crippen LogP contribution in [0.5, 0.6) is 5.75 Å². The number of amides is 1. The van der Waals surface area contributed by atoms with Crippen molar-refractivity contribution in [1.29, 1.82) is 0 Å². The van der Waals surface area contributed by atoms with E-state index in [0.29, 0.717) is 17.7 Å². The lowest BCUT2D eigenvalue weighted by molar-refractivity contribution is -0.136. The molecule has 2 aromatic carbocycles. The molecule has 1 saturated heterocycles. The van der Waals surface area contributed by atoms with Crippen LogP contribution in [0, 0.1) is 5.82 Å². The third-order valence-corrected chi connectivity index (χ3v) is 6.12. The van der Waals surface area contributed by atoms with Gasteiger partial charge in [0.15, 0.2) is 16.4 Å². The number of rotatable bonds is 6. The van der Waals surface area contributed by atoms with Gasteiger partial charge in [0.2, 0.25) is 0 Å². The van der Waals surface area contributed by atoms with E-state index in [2.05, 4.69) is 0 Å². The first kappa shape index (κ1) is 18.4. The molecule has 5 nitrogen and oxygen atoms in total. The van der Waals surface area contributed by atoms with Gasteiger partial charge in [-0.15, -0.1) is 0 Å². The summed E-state index contributed by atoms with van der Waals surface area (Å²) in [7, 11) is -3.17. The molecular formula is C19H20FNO4S. The Kier molecular flexibility index (Phi) is 5.56. The maximum atomic E-state index is 14.0. The highest BCUT2D eigenvalue weighted by atomic mass is 32.2. The summed E-state index contributed by atoms with van der Waals surface area (Å²) in [5, 5.41) is 0. The summed E-state index contributed by atoms with van der Waals surface area (Å²) in [6, 6.07) is 14.6. The van der Waals surface area contributed by atoms with Crippen molar-refractivity contribution in [2.45, 2.75) is 19.0 Å². The molecule has 1 aliphatic rings. The first-order valence-corrected chi connectivity index (χ1v) is 10.2. The van der Waals surface area contributed by atoms with E-state index in [1.54, 1.807) is 42.5 Å². The molecule has 0 bridgehead atoms. The van der Waals surface area contributed by atoms with Gasteiger partial charge >= 0.3 is 0 Å². The minimum absolute atomic E-state index is 0.0177. The molecule has 0 spiro atoms. The smallest absolute Gasteiger partial charge is 0.261 e. The predicted octanol–water partition coefficient (Wildman–Crippen LogP) is 2.42. The summed E-state index contributed by atoms with van der Waals surface area (Å²) in [5.74, 6) is -0.295. The van der Waals surface area contributed by atoms with E-state index < -0.39 is 21.7 Å². The van der Waals surface area contributed by atoms with Gasteiger partial charge in [0.05, 0.1) is 11.5 Å². The van der Waals surface area contributed by atoms with E-state index in [1.807, 2.05) is 6.07 Å². The highest BCUT2D eigenvalue weighted by molar-refractivity contribution is 7.91.